The van der Waals surface area contributed by atoms with Gasteiger partial charge in [0.25, 0.3) is 0 Å². The maximum absolute atomic E-state index is 6.14. The topological polar surface area (TPSA) is 15.5 Å². The van der Waals surface area contributed by atoms with Gasteiger partial charge in [-0.25, -0.2) is 0 Å². The number of fused-ring (bicyclic) bond motifs is 1. The fourth-order valence-corrected chi connectivity index (χ4v) is 3.24. The van der Waals surface area contributed by atoms with Gasteiger partial charge >= 0.3 is 0 Å². The van der Waals surface area contributed by atoms with E-state index in [1.807, 2.05) is 0 Å². The van der Waals surface area contributed by atoms with Crippen molar-refractivity contribution in [3.8, 4) is 5.75 Å². The van der Waals surface area contributed by atoms with Crippen molar-refractivity contribution in [1.82, 2.24) is 9.80 Å². The van der Waals surface area contributed by atoms with E-state index in [2.05, 4.69) is 35.0 Å². The van der Waals surface area contributed by atoms with Crippen LogP contribution in [0.2, 0.25) is 0 Å². The summed E-state index contributed by atoms with van der Waals surface area (Å²) < 4.78 is 6.14. The minimum Gasteiger partial charge on any atom is -0.492 e. The summed E-state index contributed by atoms with van der Waals surface area (Å²) in [4.78, 5) is 4.95. The fourth-order valence-electron chi connectivity index (χ4n) is 3.24. The number of nitrogens with zero attached hydrogens (tertiary/aromatic N) is 2. The second-order valence-electron chi connectivity index (χ2n) is 6.74. The third kappa shape index (κ3) is 2.70. The molecule has 2 unspecified atom stereocenters. The normalized spacial score (nSPS) is 29.1. The number of hydrogen-bond acceptors (Lipinski definition) is 3. The molecule has 0 bridgehead atoms. The molecule has 0 radical (unpaired) electrons. The van der Waals surface area contributed by atoms with Gasteiger partial charge in [-0.05, 0) is 43.9 Å². The van der Waals surface area contributed by atoms with Gasteiger partial charge in [0.1, 0.15) is 12.4 Å². The molecule has 2 fully saturated rings. The lowest BCUT2D eigenvalue weighted by Gasteiger charge is -2.26. The van der Waals surface area contributed by atoms with Crippen LogP contribution in [0, 0.1) is 5.92 Å². The first kappa shape index (κ1) is 12.7. The highest BCUT2D eigenvalue weighted by atomic mass is 16.5. The first-order chi connectivity index (χ1) is 9.79. The predicted octanol–water partition coefficient (Wildman–Crippen LogP) is 2.15. The first-order valence-corrected chi connectivity index (χ1v) is 7.96. The molecule has 108 valence electrons. The van der Waals surface area contributed by atoms with Crippen molar-refractivity contribution in [2.45, 2.75) is 31.8 Å². The van der Waals surface area contributed by atoms with E-state index >= 15 is 0 Å². The van der Waals surface area contributed by atoms with Crippen molar-refractivity contribution in [3.63, 3.8) is 0 Å². The van der Waals surface area contributed by atoms with Crippen LogP contribution in [0.5, 0.6) is 5.75 Å². The molecule has 0 spiro atoms. The van der Waals surface area contributed by atoms with E-state index in [0.717, 1.165) is 37.8 Å². The minimum absolute atomic E-state index is 0.674. The maximum atomic E-state index is 6.14. The average molecular weight is 272 g/mol. The Morgan fingerprint density at radius 1 is 1.30 bits per heavy atom. The summed E-state index contributed by atoms with van der Waals surface area (Å²) in [5, 5.41) is 0. The van der Waals surface area contributed by atoms with Gasteiger partial charge in [0.05, 0.1) is 6.04 Å². The van der Waals surface area contributed by atoms with Crippen molar-refractivity contribution >= 4 is 0 Å². The van der Waals surface area contributed by atoms with Gasteiger partial charge in [0.2, 0.25) is 0 Å². The number of likely N-dealkylation sites (N-methyl/N-ethyl adjacent to an activating group) is 1. The third-order valence-corrected chi connectivity index (χ3v) is 4.87. The Balaban J connectivity index is 1.37. The molecule has 2 aliphatic heterocycles. The van der Waals surface area contributed by atoms with Gasteiger partial charge < -0.3 is 9.64 Å². The van der Waals surface area contributed by atoms with Crippen molar-refractivity contribution in [3.05, 3.63) is 29.3 Å². The van der Waals surface area contributed by atoms with Crippen molar-refractivity contribution in [1.29, 1.82) is 0 Å². The largest absolute Gasteiger partial charge is 0.492 e. The van der Waals surface area contributed by atoms with E-state index in [1.54, 1.807) is 0 Å². The molecule has 3 heteroatoms. The Hall–Kier alpha value is -1.06. The summed E-state index contributed by atoms with van der Waals surface area (Å²) >= 11 is 0. The molecule has 2 atom stereocenters. The molecule has 4 rings (SSSR count). The Morgan fingerprint density at radius 2 is 2.20 bits per heavy atom. The fraction of sp³-hybridized carbons (Fsp3) is 0.647. The maximum Gasteiger partial charge on any atom is 0.124 e. The Morgan fingerprint density at radius 3 is 3.05 bits per heavy atom. The molecule has 1 aliphatic carbocycles. The monoisotopic (exact) mass is 272 g/mol. The summed E-state index contributed by atoms with van der Waals surface area (Å²) in [6.45, 7) is 5.61. The first-order valence-electron chi connectivity index (χ1n) is 7.96. The lowest BCUT2D eigenvalue weighted by atomic mass is 9.99. The Labute approximate surface area is 121 Å². The second-order valence-corrected chi connectivity index (χ2v) is 6.74. The molecule has 0 aromatic heterocycles. The average Bonchev–Trinajstić information content (AvgIpc) is 3.36. The zero-order valence-corrected chi connectivity index (χ0v) is 12.3. The number of benzene rings is 1. The van der Waals surface area contributed by atoms with Crippen LogP contribution in [0.1, 0.15) is 24.0 Å². The Kier molecular flexibility index (Phi) is 3.20. The molecule has 0 amide bonds. The zero-order chi connectivity index (χ0) is 13.5. The van der Waals surface area contributed by atoms with E-state index in [9.17, 15) is 0 Å². The van der Waals surface area contributed by atoms with Crippen LogP contribution < -0.4 is 4.74 Å². The van der Waals surface area contributed by atoms with Crippen LogP contribution in [-0.2, 0) is 13.0 Å². The molecule has 3 nitrogen and oxygen atoms in total. The van der Waals surface area contributed by atoms with Crippen LogP contribution in [0.4, 0.5) is 0 Å². The van der Waals surface area contributed by atoms with E-state index < -0.39 is 0 Å². The molecular weight excluding hydrogens is 248 g/mol. The molecule has 2 heterocycles. The molecule has 1 aromatic rings. The molecule has 1 saturated heterocycles. The molecule has 1 saturated carbocycles. The summed E-state index contributed by atoms with van der Waals surface area (Å²) in [6, 6.07) is 7.22. The quantitative estimate of drug-likeness (QED) is 0.764. The van der Waals surface area contributed by atoms with Crippen LogP contribution >= 0.6 is 0 Å². The molecule has 3 aliphatic rings. The van der Waals surface area contributed by atoms with Gasteiger partial charge in [0.15, 0.2) is 0 Å². The van der Waals surface area contributed by atoms with E-state index in [4.69, 9.17) is 4.74 Å². The van der Waals surface area contributed by atoms with Gasteiger partial charge in [-0.2, -0.15) is 0 Å². The molecule has 0 N–H and O–H groups in total. The van der Waals surface area contributed by atoms with Crippen LogP contribution in [0.25, 0.3) is 0 Å². The van der Waals surface area contributed by atoms with Gasteiger partial charge in [-0.1, -0.05) is 12.1 Å². The number of ether oxygens (including phenoxy) is 1. The third-order valence-electron chi connectivity index (χ3n) is 4.87. The lowest BCUT2D eigenvalue weighted by molar-refractivity contribution is 0.270. The summed E-state index contributed by atoms with van der Waals surface area (Å²) in [5.41, 5.74) is 2.89. The highest BCUT2D eigenvalue weighted by Gasteiger charge is 2.38. The van der Waals surface area contributed by atoms with Crippen LogP contribution in [-0.4, -0.2) is 49.1 Å². The van der Waals surface area contributed by atoms with Gasteiger partial charge in [-0.15, -0.1) is 0 Å². The smallest absolute Gasteiger partial charge is 0.124 e. The predicted molar refractivity (Wildman–Crippen MR) is 80.1 cm³/mol. The minimum atomic E-state index is 0.674. The zero-order valence-electron chi connectivity index (χ0n) is 12.3. The molecule has 1 aromatic carbocycles. The molecule has 20 heavy (non-hydrogen) atoms. The van der Waals surface area contributed by atoms with Crippen molar-refractivity contribution in [2.24, 2.45) is 5.92 Å². The van der Waals surface area contributed by atoms with Crippen LogP contribution in [0.3, 0.4) is 0 Å². The van der Waals surface area contributed by atoms with Crippen molar-refractivity contribution < 1.29 is 4.74 Å². The number of hydrogen-bond donors (Lipinski definition) is 0. The standard InChI is InChI=1S/C17H24N2O/c1-18-8-7-14-3-2-4-17(16(14)11-18)20-12-15-10-19(15)9-13-5-6-13/h2-4,13,15H,5-12H2,1H3. The number of rotatable bonds is 5. The lowest BCUT2D eigenvalue weighted by Crippen LogP contribution is -2.27. The second kappa shape index (κ2) is 5.05. The van der Waals surface area contributed by atoms with Crippen molar-refractivity contribution in [2.75, 3.05) is 33.3 Å². The summed E-state index contributed by atoms with van der Waals surface area (Å²) in [7, 11) is 2.19. The van der Waals surface area contributed by atoms with Gasteiger partial charge in [-0.3, -0.25) is 4.90 Å². The summed E-state index contributed by atoms with van der Waals surface area (Å²) in [5.74, 6) is 2.12. The van der Waals surface area contributed by atoms with Gasteiger partial charge in [0, 0.05) is 31.7 Å². The SMILES string of the molecule is CN1CCc2cccc(OCC3CN3CC3CC3)c2C1. The van der Waals surface area contributed by atoms with E-state index in [1.165, 1.54) is 37.1 Å². The summed E-state index contributed by atoms with van der Waals surface area (Å²) in [6.07, 6.45) is 4.05. The highest BCUT2D eigenvalue weighted by Crippen LogP contribution is 2.34. The van der Waals surface area contributed by atoms with E-state index in [0.29, 0.717) is 6.04 Å². The highest BCUT2D eigenvalue weighted by molar-refractivity contribution is 5.41. The van der Waals surface area contributed by atoms with Crippen LogP contribution in [0.15, 0.2) is 18.2 Å². The molecular formula is C17H24N2O. The Bertz CT molecular complexity index is 498. The van der Waals surface area contributed by atoms with E-state index in [-0.39, 0.29) is 0 Å².